The van der Waals surface area contributed by atoms with Gasteiger partial charge in [0.1, 0.15) is 0 Å². The van der Waals surface area contributed by atoms with Crippen LogP contribution in [0.15, 0.2) is 42.5 Å². The minimum Gasteiger partial charge on any atom is -0.336 e. The molecule has 160 valence electrons. The molecular formula is C20H20ClN7O3. The summed E-state index contributed by atoms with van der Waals surface area (Å²) in [5.41, 5.74) is 1.64. The van der Waals surface area contributed by atoms with Crippen LogP contribution in [-0.4, -0.2) is 67.0 Å². The fraction of sp³-hybridized carbons (Fsp3) is 0.300. The fourth-order valence-electron chi connectivity index (χ4n) is 3.52. The Labute approximate surface area is 183 Å². The number of amides is 1. The number of benzene rings is 2. The van der Waals surface area contributed by atoms with Crippen LogP contribution in [-0.2, 0) is 6.54 Å². The minimum atomic E-state index is -0.463. The summed E-state index contributed by atoms with van der Waals surface area (Å²) < 4.78 is 1.67. The molecule has 11 heteroatoms. The molecule has 0 aliphatic carbocycles. The van der Waals surface area contributed by atoms with Gasteiger partial charge in [0.15, 0.2) is 5.82 Å². The van der Waals surface area contributed by atoms with Gasteiger partial charge in [0.25, 0.3) is 11.6 Å². The maximum atomic E-state index is 12.8. The van der Waals surface area contributed by atoms with Crippen LogP contribution in [0.5, 0.6) is 0 Å². The van der Waals surface area contributed by atoms with E-state index in [-0.39, 0.29) is 11.6 Å². The molecule has 0 unspecified atom stereocenters. The molecule has 1 saturated heterocycles. The van der Waals surface area contributed by atoms with Crippen LogP contribution in [0.1, 0.15) is 21.7 Å². The molecule has 0 atom stereocenters. The second-order valence-corrected chi connectivity index (χ2v) is 7.75. The average Bonchev–Trinajstić information content (AvgIpc) is 3.22. The molecule has 0 saturated carbocycles. The molecule has 10 nitrogen and oxygen atoms in total. The van der Waals surface area contributed by atoms with E-state index in [0.29, 0.717) is 54.7 Å². The predicted octanol–water partition coefficient (Wildman–Crippen LogP) is 2.49. The Hall–Kier alpha value is -3.37. The maximum Gasteiger partial charge on any atom is 0.273 e. The monoisotopic (exact) mass is 441 g/mol. The van der Waals surface area contributed by atoms with Crippen molar-refractivity contribution in [3.8, 4) is 5.69 Å². The van der Waals surface area contributed by atoms with Gasteiger partial charge in [0.2, 0.25) is 0 Å². The Morgan fingerprint density at radius 2 is 1.84 bits per heavy atom. The Morgan fingerprint density at radius 1 is 1.13 bits per heavy atom. The Balaban J connectivity index is 1.39. The highest BCUT2D eigenvalue weighted by molar-refractivity contribution is 6.30. The molecule has 1 aromatic heterocycles. The van der Waals surface area contributed by atoms with Gasteiger partial charge in [0, 0.05) is 48.4 Å². The first-order chi connectivity index (χ1) is 14.9. The van der Waals surface area contributed by atoms with Gasteiger partial charge < -0.3 is 4.90 Å². The van der Waals surface area contributed by atoms with Crippen LogP contribution < -0.4 is 0 Å². The van der Waals surface area contributed by atoms with Crippen molar-refractivity contribution in [3.05, 3.63) is 74.6 Å². The van der Waals surface area contributed by atoms with E-state index < -0.39 is 4.92 Å². The van der Waals surface area contributed by atoms with Gasteiger partial charge in [0.05, 0.1) is 17.2 Å². The minimum absolute atomic E-state index is 0.0430. The van der Waals surface area contributed by atoms with Crippen LogP contribution in [0.2, 0.25) is 5.02 Å². The van der Waals surface area contributed by atoms with Crippen molar-refractivity contribution < 1.29 is 9.72 Å². The van der Waals surface area contributed by atoms with Gasteiger partial charge in [-0.3, -0.25) is 19.8 Å². The number of halogens is 1. The van der Waals surface area contributed by atoms with Crippen molar-refractivity contribution in [1.82, 2.24) is 30.0 Å². The second-order valence-electron chi connectivity index (χ2n) is 7.31. The Kier molecular flexibility index (Phi) is 5.92. The number of nitro groups is 1. The largest absolute Gasteiger partial charge is 0.336 e. The van der Waals surface area contributed by atoms with E-state index in [9.17, 15) is 14.9 Å². The lowest BCUT2D eigenvalue weighted by Gasteiger charge is -2.34. The molecular weight excluding hydrogens is 422 g/mol. The van der Waals surface area contributed by atoms with Gasteiger partial charge in [-0.2, -0.15) is 4.68 Å². The third-order valence-electron chi connectivity index (χ3n) is 5.28. The molecule has 1 aliphatic rings. The number of carbonyl (C=O) groups excluding carboxylic acids is 1. The highest BCUT2D eigenvalue weighted by Gasteiger charge is 2.25. The molecule has 2 aromatic carbocycles. The standard InChI is InChI=1S/C20H20ClN7O3/c1-14-2-3-15(12-18(14)28(30)31)20(29)26-10-8-25(9-11-26)13-19-22-23-24-27(19)17-6-4-16(21)5-7-17/h2-7,12H,8-11,13H2,1H3. The van der Waals surface area contributed by atoms with Gasteiger partial charge >= 0.3 is 0 Å². The van der Waals surface area contributed by atoms with Crippen molar-refractivity contribution in [3.63, 3.8) is 0 Å². The van der Waals surface area contributed by atoms with E-state index in [2.05, 4.69) is 20.4 Å². The fourth-order valence-corrected chi connectivity index (χ4v) is 3.64. The lowest BCUT2D eigenvalue weighted by Crippen LogP contribution is -2.48. The van der Waals surface area contributed by atoms with Crippen LogP contribution in [0.3, 0.4) is 0 Å². The van der Waals surface area contributed by atoms with Gasteiger partial charge in [-0.1, -0.05) is 17.7 Å². The normalized spacial score (nSPS) is 14.6. The topological polar surface area (TPSA) is 110 Å². The number of hydrogen-bond donors (Lipinski definition) is 0. The van der Waals surface area contributed by atoms with Crippen LogP contribution in [0.4, 0.5) is 5.69 Å². The number of rotatable bonds is 5. The smallest absolute Gasteiger partial charge is 0.273 e. The van der Waals surface area contributed by atoms with Crippen molar-refractivity contribution in [2.75, 3.05) is 26.2 Å². The Morgan fingerprint density at radius 3 is 2.52 bits per heavy atom. The molecule has 1 fully saturated rings. The summed E-state index contributed by atoms with van der Waals surface area (Å²) in [6, 6.07) is 11.9. The van der Waals surface area contributed by atoms with Crippen LogP contribution >= 0.6 is 11.6 Å². The summed E-state index contributed by atoms with van der Waals surface area (Å²) in [4.78, 5) is 27.4. The number of carbonyl (C=O) groups is 1. The summed E-state index contributed by atoms with van der Waals surface area (Å²) >= 11 is 5.95. The number of nitro benzene ring substituents is 1. The lowest BCUT2D eigenvalue weighted by atomic mass is 10.1. The van der Waals surface area contributed by atoms with E-state index in [4.69, 9.17) is 11.6 Å². The molecule has 31 heavy (non-hydrogen) atoms. The first kappa shape index (κ1) is 20.9. The van der Waals surface area contributed by atoms with Gasteiger partial charge in [-0.05, 0) is 47.7 Å². The first-order valence-electron chi connectivity index (χ1n) is 9.72. The quantitative estimate of drug-likeness (QED) is 0.441. The molecule has 2 heterocycles. The number of hydrogen-bond acceptors (Lipinski definition) is 7. The van der Waals surface area contributed by atoms with Gasteiger partial charge in [-0.15, -0.1) is 5.10 Å². The highest BCUT2D eigenvalue weighted by atomic mass is 35.5. The SMILES string of the molecule is Cc1ccc(C(=O)N2CCN(Cc3nnnn3-c3ccc(Cl)cc3)CC2)cc1[N+](=O)[O-]. The molecule has 0 radical (unpaired) electrons. The summed E-state index contributed by atoms with van der Waals surface area (Å²) in [6.45, 7) is 4.52. The molecule has 0 spiro atoms. The summed E-state index contributed by atoms with van der Waals surface area (Å²) in [7, 11) is 0. The van der Waals surface area contributed by atoms with E-state index in [1.54, 1.807) is 40.8 Å². The summed E-state index contributed by atoms with van der Waals surface area (Å²) in [5.74, 6) is 0.491. The van der Waals surface area contributed by atoms with Gasteiger partial charge in [-0.25, -0.2) is 0 Å². The van der Waals surface area contributed by atoms with Crippen molar-refractivity contribution in [1.29, 1.82) is 0 Å². The van der Waals surface area contributed by atoms with Crippen molar-refractivity contribution in [2.45, 2.75) is 13.5 Å². The van der Waals surface area contributed by atoms with E-state index in [1.807, 2.05) is 12.1 Å². The number of piperazine rings is 1. The van der Waals surface area contributed by atoms with E-state index in [0.717, 1.165) is 5.69 Å². The zero-order chi connectivity index (χ0) is 22.0. The number of tetrazole rings is 1. The third-order valence-corrected chi connectivity index (χ3v) is 5.53. The maximum absolute atomic E-state index is 12.8. The van der Waals surface area contributed by atoms with E-state index in [1.165, 1.54) is 6.07 Å². The van der Waals surface area contributed by atoms with Crippen molar-refractivity contribution in [2.24, 2.45) is 0 Å². The lowest BCUT2D eigenvalue weighted by molar-refractivity contribution is -0.385. The average molecular weight is 442 g/mol. The molecule has 1 aliphatic heterocycles. The Bertz CT molecular complexity index is 1110. The molecule has 3 aromatic rings. The van der Waals surface area contributed by atoms with Crippen LogP contribution in [0, 0.1) is 17.0 Å². The molecule has 0 bridgehead atoms. The predicted molar refractivity (Wildman–Crippen MR) is 113 cm³/mol. The number of nitrogens with zero attached hydrogens (tertiary/aromatic N) is 7. The molecule has 1 amide bonds. The number of aryl methyl sites for hydroxylation is 1. The zero-order valence-corrected chi connectivity index (χ0v) is 17.6. The second kappa shape index (κ2) is 8.78. The van der Waals surface area contributed by atoms with Crippen molar-refractivity contribution >= 4 is 23.2 Å². The van der Waals surface area contributed by atoms with E-state index >= 15 is 0 Å². The molecule has 4 rings (SSSR count). The summed E-state index contributed by atoms with van der Waals surface area (Å²) in [5, 5.41) is 23.8. The highest BCUT2D eigenvalue weighted by Crippen LogP contribution is 2.21. The third kappa shape index (κ3) is 4.54. The zero-order valence-electron chi connectivity index (χ0n) is 16.8. The number of aromatic nitrogens is 4. The van der Waals surface area contributed by atoms with Crippen LogP contribution in [0.25, 0.3) is 5.69 Å². The summed E-state index contributed by atoms with van der Waals surface area (Å²) in [6.07, 6.45) is 0. The first-order valence-corrected chi connectivity index (χ1v) is 10.1. The molecule has 0 N–H and O–H groups in total.